The molecule has 0 fully saturated rings. The number of hydrogen-bond acceptors (Lipinski definition) is 5. The molecule has 0 spiro atoms. The third-order valence-corrected chi connectivity index (χ3v) is 3.16. The maximum absolute atomic E-state index is 11.7. The number of carbonyl (C=O) groups excluding carboxylic acids is 1. The number of nitrogens with two attached hydrogens (primary N) is 1. The smallest absolute Gasteiger partial charge is 0.304 e. The number of amides is 1. The van der Waals surface area contributed by atoms with Gasteiger partial charge in [0.1, 0.15) is 5.82 Å². The highest BCUT2D eigenvalue weighted by molar-refractivity contribution is 7.07. The summed E-state index contributed by atoms with van der Waals surface area (Å²) in [6.45, 7) is 0.236. The van der Waals surface area contributed by atoms with Gasteiger partial charge in [0.25, 0.3) is 5.91 Å². The predicted octanol–water partition coefficient (Wildman–Crippen LogP) is 0.997. The minimum absolute atomic E-state index is 0.156. The van der Waals surface area contributed by atoms with E-state index in [0.717, 1.165) is 11.3 Å². The largest absolute Gasteiger partial charge is 0.382 e. The van der Waals surface area contributed by atoms with E-state index in [1.54, 1.807) is 5.38 Å². The molecule has 0 atom stereocenters. The van der Waals surface area contributed by atoms with Crippen LogP contribution in [0.4, 0.5) is 5.82 Å². The van der Waals surface area contributed by atoms with E-state index >= 15 is 0 Å². The summed E-state index contributed by atoms with van der Waals surface area (Å²) in [4.78, 5) is 28.9. The van der Waals surface area contributed by atoms with E-state index in [4.69, 9.17) is 17.3 Å². The number of pyridine rings is 1. The molecule has 0 aliphatic heterocycles. The first-order valence-electron chi connectivity index (χ1n) is 4.92. The van der Waals surface area contributed by atoms with Crippen LogP contribution in [0.25, 0.3) is 0 Å². The zero-order chi connectivity index (χ0) is 13.1. The highest BCUT2D eigenvalue weighted by atomic mass is 35.5. The number of rotatable bonds is 3. The zero-order valence-electron chi connectivity index (χ0n) is 9.07. The fourth-order valence-electron chi connectivity index (χ4n) is 1.25. The van der Waals surface area contributed by atoms with Crippen LogP contribution in [0.5, 0.6) is 0 Å². The fourth-order valence-corrected chi connectivity index (χ4v) is 2.00. The number of thiazole rings is 1. The first kappa shape index (κ1) is 12.6. The Balaban J connectivity index is 2.03. The van der Waals surface area contributed by atoms with Gasteiger partial charge in [-0.25, -0.2) is 4.98 Å². The normalized spacial score (nSPS) is 10.3. The van der Waals surface area contributed by atoms with E-state index in [9.17, 15) is 9.59 Å². The number of nitrogen functional groups attached to an aromatic ring is 1. The lowest BCUT2D eigenvalue weighted by atomic mass is 10.2. The first-order chi connectivity index (χ1) is 8.56. The maximum Gasteiger partial charge on any atom is 0.304 e. The summed E-state index contributed by atoms with van der Waals surface area (Å²) in [6.07, 6.45) is 1.34. The lowest BCUT2D eigenvalue weighted by molar-refractivity contribution is 0.0950. The van der Waals surface area contributed by atoms with Crippen LogP contribution in [0.2, 0.25) is 5.02 Å². The fraction of sp³-hybridized carbons (Fsp3) is 0.100. The van der Waals surface area contributed by atoms with E-state index in [-0.39, 0.29) is 28.2 Å². The van der Waals surface area contributed by atoms with Crippen LogP contribution in [0.3, 0.4) is 0 Å². The van der Waals surface area contributed by atoms with Crippen LogP contribution >= 0.6 is 22.9 Å². The second kappa shape index (κ2) is 5.19. The molecule has 0 aromatic carbocycles. The minimum Gasteiger partial charge on any atom is -0.382 e. The van der Waals surface area contributed by atoms with Crippen LogP contribution in [-0.2, 0) is 6.54 Å². The van der Waals surface area contributed by atoms with Crippen molar-refractivity contribution in [2.45, 2.75) is 6.54 Å². The van der Waals surface area contributed by atoms with Crippen molar-refractivity contribution in [1.82, 2.24) is 15.3 Å². The Hall–Kier alpha value is -1.86. The molecule has 0 saturated carbocycles. The van der Waals surface area contributed by atoms with E-state index < -0.39 is 0 Å². The van der Waals surface area contributed by atoms with Gasteiger partial charge in [-0.05, 0) is 6.07 Å². The lowest BCUT2D eigenvalue weighted by Gasteiger charge is -2.04. The Morgan fingerprint density at radius 3 is 3.00 bits per heavy atom. The summed E-state index contributed by atoms with van der Waals surface area (Å²) in [5.41, 5.74) is 6.40. The second-order valence-corrected chi connectivity index (χ2v) is 4.70. The SMILES string of the molecule is Nc1ncc(C(=O)NCc2csc(=O)[nH]2)cc1Cl. The van der Waals surface area contributed by atoms with Crippen molar-refractivity contribution < 1.29 is 4.79 Å². The van der Waals surface area contributed by atoms with Gasteiger partial charge in [0.2, 0.25) is 0 Å². The monoisotopic (exact) mass is 284 g/mol. The van der Waals surface area contributed by atoms with Crippen LogP contribution in [0, 0.1) is 0 Å². The summed E-state index contributed by atoms with van der Waals surface area (Å²) in [5, 5.41) is 4.51. The van der Waals surface area contributed by atoms with E-state index in [1.165, 1.54) is 12.3 Å². The number of hydrogen-bond donors (Lipinski definition) is 3. The van der Waals surface area contributed by atoms with Crippen molar-refractivity contribution in [1.29, 1.82) is 0 Å². The average molecular weight is 285 g/mol. The third kappa shape index (κ3) is 2.88. The molecule has 0 saturated heterocycles. The summed E-state index contributed by atoms with van der Waals surface area (Å²) >= 11 is 6.81. The van der Waals surface area contributed by atoms with Crippen molar-refractivity contribution in [3.05, 3.63) is 43.6 Å². The molecule has 1 amide bonds. The number of nitrogens with one attached hydrogen (secondary N) is 2. The number of halogens is 1. The van der Waals surface area contributed by atoms with Gasteiger partial charge >= 0.3 is 4.87 Å². The molecule has 0 radical (unpaired) electrons. The van der Waals surface area contributed by atoms with Crippen molar-refractivity contribution in [3.8, 4) is 0 Å². The Morgan fingerprint density at radius 1 is 1.61 bits per heavy atom. The molecular formula is C10H9ClN4O2S. The molecule has 2 heterocycles. The van der Waals surface area contributed by atoms with Crippen molar-refractivity contribution in [3.63, 3.8) is 0 Å². The van der Waals surface area contributed by atoms with Gasteiger partial charge in [-0.1, -0.05) is 22.9 Å². The number of H-pyrrole nitrogens is 1. The second-order valence-electron chi connectivity index (χ2n) is 3.45. The number of aromatic nitrogens is 2. The van der Waals surface area contributed by atoms with Crippen LogP contribution in [0.1, 0.15) is 16.1 Å². The van der Waals surface area contributed by atoms with Crippen LogP contribution in [0.15, 0.2) is 22.4 Å². The van der Waals surface area contributed by atoms with Crippen LogP contribution in [-0.4, -0.2) is 15.9 Å². The topological polar surface area (TPSA) is 101 Å². The third-order valence-electron chi connectivity index (χ3n) is 2.14. The molecule has 8 heteroatoms. The molecule has 18 heavy (non-hydrogen) atoms. The number of carbonyl (C=O) groups is 1. The van der Waals surface area contributed by atoms with Gasteiger partial charge in [-0.3, -0.25) is 9.59 Å². The van der Waals surface area contributed by atoms with E-state index in [1.807, 2.05) is 0 Å². The molecule has 6 nitrogen and oxygen atoms in total. The molecule has 2 aromatic rings. The van der Waals surface area contributed by atoms with Gasteiger partial charge in [-0.2, -0.15) is 0 Å². The average Bonchev–Trinajstić information content (AvgIpc) is 2.75. The molecule has 2 rings (SSSR count). The quantitative estimate of drug-likeness (QED) is 0.782. The van der Waals surface area contributed by atoms with Crippen molar-refractivity contribution in [2.24, 2.45) is 0 Å². The maximum atomic E-state index is 11.7. The van der Waals surface area contributed by atoms with E-state index in [0.29, 0.717) is 11.3 Å². The van der Waals surface area contributed by atoms with Gasteiger partial charge in [0.05, 0.1) is 17.1 Å². The first-order valence-corrected chi connectivity index (χ1v) is 6.18. The van der Waals surface area contributed by atoms with Crippen LogP contribution < -0.4 is 15.9 Å². The Morgan fingerprint density at radius 2 is 2.39 bits per heavy atom. The zero-order valence-corrected chi connectivity index (χ0v) is 10.6. The Kier molecular flexibility index (Phi) is 3.63. The van der Waals surface area contributed by atoms with Gasteiger partial charge in [0, 0.05) is 17.3 Å². The van der Waals surface area contributed by atoms with Gasteiger partial charge in [-0.15, -0.1) is 0 Å². The van der Waals surface area contributed by atoms with Gasteiger partial charge in [0.15, 0.2) is 0 Å². The predicted molar refractivity (Wildman–Crippen MR) is 69.8 cm³/mol. The molecule has 0 aliphatic rings. The molecule has 4 N–H and O–H groups in total. The standard InChI is InChI=1S/C10H9ClN4O2S/c11-7-1-5(2-13-8(7)12)9(16)14-3-6-4-18-10(17)15-6/h1-2,4H,3H2,(H2,12,13)(H,14,16)(H,15,17). The highest BCUT2D eigenvalue weighted by Gasteiger charge is 2.08. The van der Waals surface area contributed by atoms with Crippen molar-refractivity contribution >= 4 is 34.7 Å². The summed E-state index contributed by atoms with van der Waals surface area (Å²) in [5.74, 6) is -0.160. The number of aromatic amines is 1. The molecule has 0 bridgehead atoms. The molecule has 2 aromatic heterocycles. The van der Waals surface area contributed by atoms with Gasteiger partial charge < -0.3 is 16.0 Å². The summed E-state index contributed by atoms with van der Waals surface area (Å²) in [6, 6.07) is 1.44. The van der Waals surface area contributed by atoms with E-state index in [2.05, 4.69) is 15.3 Å². The lowest BCUT2D eigenvalue weighted by Crippen LogP contribution is -2.23. The Labute approximate surface area is 111 Å². The number of anilines is 1. The minimum atomic E-state index is -0.337. The molecule has 0 unspecified atom stereocenters. The Bertz CT molecular complexity index is 637. The molecular weight excluding hydrogens is 276 g/mol. The molecule has 0 aliphatic carbocycles. The molecule has 94 valence electrons. The summed E-state index contributed by atoms with van der Waals surface area (Å²) in [7, 11) is 0. The number of nitrogens with zero attached hydrogens (tertiary/aromatic N) is 1. The highest BCUT2D eigenvalue weighted by Crippen LogP contribution is 2.16. The van der Waals surface area contributed by atoms with Crippen molar-refractivity contribution in [2.75, 3.05) is 5.73 Å². The summed E-state index contributed by atoms with van der Waals surface area (Å²) < 4.78 is 0.